The highest BCUT2D eigenvalue weighted by molar-refractivity contribution is 7.07. The average Bonchev–Trinajstić information content (AvgIpc) is 2.81. The number of hydrogen-bond donors (Lipinski definition) is 0. The lowest BCUT2D eigenvalue weighted by Crippen LogP contribution is -2.25. The van der Waals surface area contributed by atoms with Crippen molar-refractivity contribution in [1.29, 1.82) is 0 Å². The van der Waals surface area contributed by atoms with Gasteiger partial charge < -0.3 is 0 Å². The second kappa shape index (κ2) is 5.84. The Hall–Kier alpha value is -1.59. The summed E-state index contributed by atoms with van der Waals surface area (Å²) in [7, 11) is 1.84. The molecule has 0 aliphatic rings. The number of aromatic nitrogens is 1. The van der Waals surface area contributed by atoms with E-state index in [1.54, 1.807) is 17.6 Å². The Labute approximate surface area is 109 Å². The van der Waals surface area contributed by atoms with Crippen molar-refractivity contribution in [2.45, 2.75) is 6.54 Å². The van der Waals surface area contributed by atoms with E-state index in [4.69, 9.17) is 0 Å². The van der Waals surface area contributed by atoms with Crippen LogP contribution in [0.15, 0.2) is 35.2 Å². The summed E-state index contributed by atoms with van der Waals surface area (Å²) >= 11 is 1.53. The van der Waals surface area contributed by atoms with Crippen LogP contribution in [0.25, 0.3) is 0 Å². The minimum absolute atomic E-state index is 0.0905. The largest absolute Gasteiger partial charge is 0.293 e. The Morgan fingerprint density at radius 1 is 1.50 bits per heavy atom. The molecule has 3 nitrogen and oxygen atoms in total. The van der Waals surface area contributed by atoms with E-state index in [1.165, 1.54) is 23.5 Å². The number of nitrogens with zero attached hydrogens (tertiary/aromatic N) is 2. The summed E-state index contributed by atoms with van der Waals surface area (Å²) in [5.74, 6) is -0.477. The first-order valence-corrected chi connectivity index (χ1v) is 6.44. The van der Waals surface area contributed by atoms with Crippen LogP contribution in [0.3, 0.4) is 0 Å². The zero-order valence-corrected chi connectivity index (χ0v) is 10.8. The normalized spacial score (nSPS) is 10.8. The SMILES string of the molecule is CN(CC(=O)c1cccc(F)c1)Cc1cscn1. The van der Waals surface area contributed by atoms with Gasteiger partial charge >= 0.3 is 0 Å². The van der Waals surface area contributed by atoms with E-state index in [2.05, 4.69) is 4.98 Å². The van der Waals surface area contributed by atoms with Gasteiger partial charge in [-0.25, -0.2) is 9.37 Å². The summed E-state index contributed by atoms with van der Waals surface area (Å²) in [6.07, 6.45) is 0. The molecule has 0 amide bonds. The molecule has 2 rings (SSSR count). The number of thiazole rings is 1. The average molecular weight is 264 g/mol. The van der Waals surface area contributed by atoms with Crippen LogP contribution >= 0.6 is 11.3 Å². The molecule has 1 aromatic carbocycles. The van der Waals surface area contributed by atoms with Crippen molar-refractivity contribution in [3.63, 3.8) is 0 Å². The van der Waals surface area contributed by atoms with Crippen LogP contribution in [0.5, 0.6) is 0 Å². The number of hydrogen-bond acceptors (Lipinski definition) is 4. The predicted octanol–water partition coefficient (Wildman–Crippen LogP) is 2.60. The Balaban J connectivity index is 1.95. The van der Waals surface area contributed by atoms with Gasteiger partial charge in [-0.05, 0) is 19.2 Å². The van der Waals surface area contributed by atoms with Gasteiger partial charge in [-0.3, -0.25) is 9.69 Å². The Morgan fingerprint density at radius 3 is 3.00 bits per heavy atom. The smallest absolute Gasteiger partial charge is 0.176 e. The maximum Gasteiger partial charge on any atom is 0.176 e. The molecule has 0 spiro atoms. The molecule has 0 aliphatic heterocycles. The second-order valence-corrected chi connectivity index (χ2v) is 4.80. The molecule has 0 radical (unpaired) electrons. The lowest BCUT2D eigenvalue weighted by Gasteiger charge is -2.14. The van der Waals surface area contributed by atoms with E-state index in [-0.39, 0.29) is 18.1 Å². The van der Waals surface area contributed by atoms with Gasteiger partial charge in [0.25, 0.3) is 0 Å². The van der Waals surface area contributed by atoms with Crippen molar-refractivity contribution in [3.8, 4) is 0 Å². The van der Waals surface area contributed by atoms with E-state index >= 15 is 0 Å². The summed E-state index contributed by atoms with van der Waals surface area (Å²) in [6, 6.07) is 5.76. The summed E-state index contributed by atoms with van der Waals surface area (Å²) < 4.78 is 13.0. The fourth-order valence-electron chi connectivity index (χ4n) is 1.65. The molecule has 0 aliphatic carbocycles. The van der Waals surface area contributed by atoms with Gasteiger partial charge in [0.15, 0.2) is 5.78 Å². The summed E-state index contributed by atoms with van der Waals surface area (Å²) in [4.78, 5) is 17.9. The topological polar surface area (TPSA) is 33.2 Å². The van der Waals surface area contributed by atoms with Gasteiger partial charge in [-0.15, -0.1) is 11.3 Å². The first-order valence-electron chi connectivity index (χ1n) is 5.49. The van der Waals surface area contributed by atoms with E-state index in [0.717, 1.165) is 5.69 Å². The number of carbonyl (C=O) groups excluding carboxylic acids is 1. The van der Waals surface area contributed by atoms with Gasteiger partial charge in [0.1, 0.15) is 5.82 Å². The number of rotatable bonds is 5. The van der Waals surface area contributed by atoms with Crippen molar-refractivity contribution in [3.05, 3.63) is 52.2 Å². The van der Waals surface area contributed by atoms with E-state index < -0.39 is 0 Å². The highest BCUT2D eigenvalue weighted by Crippen LogP contribution is 2.07. The van der Waals surface area contributed by atoms with Crippen LogP contribution in [-0.4, -0.2) is 29.3 Å². The summed E-state index contributed by atoms with van der Waals surface area (Å²) in [5, 5.41) is 1.95. The molecular weight excluding hydrogens is 251 g/mol. The Bertz CT molecular complexity index is 528. The van der Waals surface area contributed by atoms with Gasteiger partial charge in [0, 0.05) is 17.5 Å². The van der Waals surface area contributed by atoms with Crippen LogP contribution < -0.4 is 0 Å². The predicted molar refractivity (Wildman–Crippen MR) is 69.2 cm³/mol. The van der Waals surface area contributed by atoms with Gasteiger partial charge in [0.2, 0.25) is 0 Å². The number of benzene rings is 1. The van der Waals surface area contributed by atoms with Crippen molar-refractivity contribution in [2.24, 2.45) is 0 Å². The molecule has 1 heterocycles. The molecule has 18 heavy (non-hydrogen) atoms. The van der Waals surface area contributed by atoms with Crippen molar-refractivity contribution in [1.82, 2.24) is 9.88 Å². The number of halogens is 1. The van der Waals surface area contributed by atoms with Crippen molar-refractivity contribution >= 4 is 17.1 Å². The fourth-order valence-corrected chi connectivity index (χ4v) is 2.20. The number of likely N-dealkylation sites (N-methyl/N-ethyl adjacent to an activating group) is 1. The number of ketones is 1. The van der Waals surface area contributed by atoms with E-state index in [9.17, 15) is 9.18 Å². The monoisotopic (exact) mass is 264 g/mol. The van der Waals surface area contributed by atoms with Gasteiger partial charge in [-0.2, -0.15) is 0 Å². The molecule has 1 aromatic heterocycles. The first kappa shape index (κ1) is 12.9. The lowest BCUT2D eigenvalue weighted by atomic mass is 10.1. The van der Waals surface area contributed by atoms with Crippen LogP contribution in [0.2, 0.25) is 0 Å². The first-order chi connectivity index (χ1) is 8.65. The molecule has 0 fully saturated rings. The molecule has 0 saturated carbocycles. The molecule has 0 saturated heterocycles. The van der Waals surface area contributed by atoms with Gasteiger partial charge in [-0.1, -0.05) is 12.1 Å². The van der Waals surface area contributed by atoms with Crippen LogP contribution in [0.1, 0.15) is 16.1 Å². The fraction of sp³-hybridized carbons (Fsp3) is 0.231. The van der Waals surface area contributed by atoms with Crippen LogP contribution in [-0.2, 0) is 6.54 Å². The third kappa shape index (κ3) is 3.45. The molecule has 0 N–H and O–H groups in total. The molecule has 5 heteroatoms. The lowest BCUT2D eigenvalue weighted by molar-refractivity contribution is 0.0942. The highest BCUT2D eigenvalue weighted by Gasteiger charge is 2.10. The summed E-state index contributed by atoms with van der Waals surface area (Å²) in [5.41, 5.74) is 3.10. The Kier molecular flexibility index (Phi) is 4.17. The molecule has 2 aromatic rings. The highest BCUT2D eigenvalue weighted by atomic mass is 32.1. The number of Topliss-reactive ketones (excluding diaryl/α,β-unsaturated/α-hetero) is 1. The summed E-state index contributed by atoms with van der Waals surface area (Å²) in [6.45, 7) is 0.867. The van der Waals surface area contributed by atoms with Crippen molar-refractivity contribution in [2.75, 3.05) is 13.6 Å². The second-order valence-electron chi connectivity index (χ2n) is 4.09. The number of carbonyl (C=O) groups is 1. The Morgan fingerprint density at radius 2 is 2.33 bits per heavy atom. The van der Waals surface area contributed by atoms with Crippen molar-refractivity contribution < 1.29 is 9.18 Å². The molecule has 0 unspecified atom stereocenters. The molecule has 0 atom stereocenters. The minimum atomic E-state index is -0.386. The standard InChI is InChI=1S/C13H13FN2OS/c1-16(6-12-8-18-9-15-12)7-13(17)10-3-2-4-11(14)5-10/h2-5,8-9H,6-7H2,1H3. The zero-order valence-electron chi connectivity index (χ0n) is 9.97. The molecular formula is C13H13FN2OS. The zero-order chi connectivity index (χ0) is 13.0. The maximum atomic E-state index is 13.0. The van der Waals surface area contributed by atoms with E-state index in [0.29, 0.717) is 12.1 Å². The van der Waals surface area contributed by atoms with E-state index in [1.807, 2.05) is 17.3 Å². The third-order valence-corrected chi connectivity index (χ3v) is 3.11. The van der Waals surface area contributed by atoms with Crippen LogP contribution in [0.4, 0.5) is 4.39 Å². The quantitative estimate of drug-likeness (QED) is 0.778. The van der Waals surface area contributed by atoms with Gasteiger partial charge in [0.05, 0.1) is 17.7 Å². The maximum absolute atomic E-state index is 13.0. The third-order valence-electron chi connectivity index (χ3n) is 2.48. The minimum Gasteiger partial charge on any atom is -0.293 e. The van der Waals surface area contributed by atoms with Crippen LogP contribution in [0, 0.1) is 5.82 Å². The molecule has 0 bridgehead atoms. The molecule has 94 valence electrons.